The van der Waals surface area contributed by atoms with Crippen LogP contribution in [-0.4, -0.2) is 64.5 Å². The van der Waals surface area contributed by atoms with E-state index in [0.717, 1.165) is 95.6 Å². The maximum Gasteiger partial charge on any atom is 0.319 e. The van der Waals surface area contributed by atoms with Gasteiger partial charge in [-0.05, 0) is 111 Å². The average Bonchev–Trinajstić information content (AvgIpc) is 3.19. The monoisotopic (exact) mass is 614 g/mol. The zero-order chi connectivity index (χ0) is 32.1. The van der Waals surface area contributed by atoms with Gasteiger partial charge >= 0.3 is 6.03 Å². The second-order valence-corrected chi connectivity index (χ2v) is 12.9. The number of aryl methyl sites for hydroxylation is 1. The zero-order valence-electron chi connectivity index (χ0n) is 26.9. The van der Waals surface area contributed by atoms with Gasteiger partial charge in [-0.3, -0.25) is 4.98 Å². The van der Waals surface area contributed by atoms with E-state index >= 15 is 0 Å². The van der Waals surface area contributed by atoms with Crippen LogP contribution in [0.4, 0.5) is 14.9 Å². The fraction of sp³-hybridized carbons (Fsp3) is 0.459. The molecule has 3 aromatic rings. The molecule has 2 aliphatic rings. The largest absolute Gasteiger partial charge is 0.393 e. The summed E-state index contributed by atoms with van der Waals surface area (Å²) in [5.74, 6) is -0.224. The Bertz CT molecular complexity index is 1510. The molecule has 0 bridgehead atoms. The Kier molecular flexibility index (Phi) is 10.7. The van der Waals surface area contributed by atoms with E-state index in [4.69, 9.17) is 4.98 Å². The first-order valence-corrected chi connectivity index (χ1v) is 16.4. The molecule has 1 fully saturated rings. The number of hydrogen-bond donors (Lipinski definition) is 4. The van der Waals surface area contributed by atoms with Crippen LogP contribution in [0.1, 0.15) is 81.2 Å². The molecule has 240 valence electrons. The van der Waals surface area contributed by atoms with Crippen molar-refractivity contribution in [3.63, 3.8) is 0 Å². The lowest BCUT2D eigenvalue weighted by Gasteiger charge is -2.29. The van der Waals surface area contributed by atoms with Crippen LogP contribution in [0, 0.1) is 5.82 Å². The molecule has 0 saturated carbocycles. The molecule has 2 atom stereocenters. The van der Waals surface area contributed by atoms with Crippen LogP contribution in [0.3, 0.4) is 0 Å². The van der Waals surface area contributed by atoms with Crippen LogP contribution in [-0.2, 0) is 12.8 Å². The molecule has 2 heterocycles. The molecule has 45 heavy (non-hydrogen) atoms. The van der Waals surface area contributed by atoms with Gasteiger partial charge in [-0.2, -0.15) is 0 Å². The lowest BCUT2D eigenvalue weighted by molar-refractivity contribution is 0.102. The number of aliphatic hydroxyl groups excluding tert-OH is 2. The van der Waals surface area contributed by atoms with Gasteiger partial charge in [-0.1, -0.05) is 51.1 Å². The number of aromatic nitrogens is 1. The highest BCUT2D eigenvalue weighted by Crippen LogP contribution is 2.42. The number of hydrogen-bond acceptors (Lipinski definition) is 5. The minimum atomic E-state index is -0.803. The predicted octanol–water partition coefficient (Wildman–Crippen LogP) is 6.92. The van der Waals surface area contributed by atoms with Gasteiger partial charge in [0.25, 0.3) is 0 Å². The Morgan fingerprint density at radius 1 is 1.11 bits per heavy atom. The zero-order valence-corrected chi connectivity index (χ0v) is 26.9. The van der Waals surface area contributed by atoms with Gasteiger partial charge in [0.05, 0.1) is 23.6 Å². The number of carbonyl (C=O) groups is 1. The summed E-state index contributed by atoms with van der Waals surface area (Å²) in [4.78, 5) is 20.4. The third-order valence-electron chi connectivity index (χ3n) is 9.06. The van der Waals surface area contributed by atoms with E-state index in [1.54, 1.807) is 6.08 Å². The molecule has 1 aliphatic heterocycles. The van der Waals surface area contributed by atoms with Crippen molar-refractivity contribution in [1.29, 1.82) is 0 Å². The first kappa shape index (κ1) is 32.8. The maximum atomic E-state index is 14.1. The topological polar surface area (TPSA) is 97.7 Å². The predicted molar refractivity (Wildman–Crippen MR) is 180 cm³/mol. The summed E-state index contributed by atoms with van der Waals surface area (Å²) < 4.78 is 14.1. The minimum absolute atomic E-state index is 0.0726. The van der Waals surface area contributed by atoms with Crippen molar-refractivity contribution >= 4 is 17.8 Å². The number of amides is 2. The Morgan fingerprint density at radius 3 is 2.53 bits per heavy atom. The van der Waals surface area contributed by atoms with Crippen molar-refractivity contribution in [3.8, 4) is 22.4 Å². The summed E-state index contributed by atoms with van der Waals surface area (Å²) in [5.41, 5.74) is 8.62. The molecule has 1 aliphatic carbocycles. The van der Waals surface area contributed by atoms with Gasteiger partial charge in [0.15, 0.2) is 0 Å². The summed E-state index contributed by atoms with van der Waals surface area (Å²) in [6.45, 7) is 8.06. The molecule has 8 heteroatoms. The van der Waals surface area contributed by atoms with Crippen molar-refractivity contribution in [3.05, 3.63) is 76.7 Å². The molecule has 2 aromatic carbocycles. The highest BCUT2D eigenvalue weighted by molar-refractivity contribution is 5.91. The third-order valence-corrected chi connectivity index (χ3v) is 9.06. The number of benzene rings is 2. The molecule has 4 N–H and O–H groups in total. The third kappa shape index (κ3) is 7.98. The summed E-state index contributed by atoms with van der Waals surface area (Å²) in [6, 6.07) is 12.7. The normalized spacial score (nSPS) is 17.1. The minimum Gasteiger partial charge on any atom is -0.393 e. The number of anilines is 1. The van der Waals surface area contributed by atoms with Crippen molar-refractivity contribution < 1.29 is 19.4 Å². The maximum absolute atomic E-state index is 14.1. The summed E-state index contributed by atoms with van der Waals surface area (Å²) in [6.07, 6.45) is 7.50. The summed E-state index contributed by atoms with van der Waals surface area (Å²) in [7, 11) is 2.11. The van der Waals surface area contributed by atoms with Crippen molar-refractivity contribution in [2.24, 2.45) is 0 Å². The number of pyridine rings is 1. The lowest BCUT2D eigenvalue weighted by Crippen LogP contribution is -2.44. The lowest BCUT2D eigenvalue weighted by atomic mass is 9.86. The average molecular weight is 615 g/mol. The number of rotatable bonds is 9. The van der Waals surface area contributed by atoms with E-state index in [2.05, 4.69) is 48.6 Å². The fourth-order valence-corrected chi connectivity index (χ4v) is 6.48. The van der Waals surface area contributed by atoms with Crippen molar-refractivity contribution in [1.82, 2.24) is 15.2 Å². The highest BCUT2D eigenvalue weighted by Gasteiger charge is 2.26. The van der Waals surface area contributed by atoms with E-state index in [9.17, 15) is 19.4 Å². The van der Waals surface area contributed by atoms with Gasteiger partial charge < -0.3 is 25.7 Å². The van der Waals surface area contributed by atoms with Gasteiger partial charge in [0.1, 0.15) is 5.82 Å². The smallest absolute Gasteiger partial charge is 0.319 e. The molecule has 0 unspecified atom stereocenters. The SMILES string of the molecule is CC[C@H](O)C[C@H](O)/C=C/c1c(C(C)C)nc2c(c1-c1ccc(F)cc1)CCCc1cc(NC(=O)NC3CCN(C)CC3)ccc1-2. The number of carbonyl (C=O) groups excluding carboxylic acids is 1. The van der Waals surface area contributed by atoms with E-state index < -0.39 is 12.2 Å². The molecule has 7 nitrogen and oxygen atoms in total. The number of likely N-dealkylation sites (tertiary alicyclic amines) is 1. The molecule has 0 radical (unpaired) electrons. The van der Waals surface area contributed by atoms with Crippen LogP contribution in [0.25, 0.3) is 28.5 Å². The molecular weight excluding hydrogens is 567 g/mol. The van der Waals surface area contributed by atoms with Gasteiger partial charge in [0.2, 0.25) is 0 Å². The fourth-order valence-electron chi connectivity index (χ4n) is 6.48. The number of aliphatic hydroxyl groups is 2. The Labute approximate surface area is 266 Å². The number of urea groups is 1. The van der Waals surface area contributed by atoms with Crippen LogP contribution in [0.5, 0.6) is 0 Å². The van der Waals surface area contributed by atoms with Crippen LogP contribution in [0.15, 0.2) is 48.5 Å². The molecule has 5 rings (SSSR count). The highest BCUT2D eigenvalue weighted by atomic mass is 19.1. The molecular formula is C37H47FN4O3. The van der Waals surface area contributed by atoms with Crippen LogP contribution in [0.2, 0.25) is 0 Å². The number of piperidine rings is 1. The molecule has 0 spiro atoms. The second kappa shape index (κ2) is 14.7. The molecule has 1 saturated heterocycles. The van der Waals surface area contributed by atoms with Gasteiger partial charge in [0, 0.05) is 29.3 Å². The number of nitrogens with one attached hydrogen (secondary N) is 2. The summed E-state index contributed by atoms with van der Waals surface area (Å²) in [5, 5.41) is 27.0. The van der Waals surface area contributed by atoms with Crippen LogP contribution >= 0.6 is 0 Å². The van der Waals surface area contributed by atoms with E-state index in [1.165, 1.54) is 12.1 Å². The number of fused-ring (bicyclic) bond motifs is 3. The number of halogens is 1. The van der Waals surface area contributed by atoms with E-state index in [-0.39, 0.29) is 30.2 Å². The van der Waals surface area contributed by atoms with Gasteiger partial charge in [-0.15, -0.1) is 0 Å². The van der Waals surface area contributed by atoms with E-state index in [1.807, 2.05) is 31.2 Å². The number of nitrogens with zero attached hydrogens (tertiary/aromatic N) is 2. The molecule has 2 amide bonds. The second-order valence-electron chi connectivity index (χ2n) is 12.9. The Hall–Kier alpha value is -3.59. The quantitative estimate of drug-likeness (QED) is 0.210. The first-order chi connectivity index (χ1) is 21.6. The van der Waals surface area contributed by atoms with E-state index in [0.29, 0.717) is 6.42 Å². The molecule has 1 aromatic heterocycles. The standard InChI is InChI=1S/C37H47FN4O3/c1-5-29(43)22-30(44)14-16-33-34(24-9-11-26(38)12-10-24)32-8-6-7-25-21-28(13-15-31(25)36(32)41-35(33)23(2)3)40-37(45)39-27-17-19-42(4)20-18-27/h9-16,21,23,27,29-30,43-44H,5-8,17-20,22H2,1-4H3,(H2,39,40,45)/b16-14+/t29-,30+/m0/s1. The van der Waals surface area contributed by atoms with Gasteiger partial charge in [-0.25, -0.2) is 9.18 Å². The summed E-state index contributed by atoms with van der Waals surface area (Å²) >= 11 is 0. The van der Waals surface area contributed by atoms with Crippen molar-refractivity contribution in [2.75, 3.05) is 25.5 Å². The first-order valence-electron chi connectivity index (χ1n) is 16.4. The van der Waals surface area contributed by atoms with Crippen molar-refractivity contribution in [2.45, 2.75) is 89.9 Å². The Balaban J connectivity index is 1.54. The van der Waals surface area contributed by atoms with Crippen LogP contribution < -0.4 is 10.6 Å². The Morgan fingerprint density at radius 2 is 1.84 bits per heavy atom.